The number of nitrogens with zero attached hydrogens (tertiary/aromatic N) is 7. The van der Waals surface area contributed by atoms with Crippen LogP contribution in [0, 0.1) is 17.7 Å². The molecular weight excluding hydrogens is 882 g/mol. The van der Waals surface area contributed by atoms with Gasteiger partial charge in [-0.25, -0.2) is 9.38 Å². The molecule has 0 spiro atoms. The van der Waals surface area contributed by atoms with Gasteiger partial charge in [-0.1, -0.05) is 6.07 Å². The molecule has 2 aromatic carbocycles. The first-order chi connectivity index (χ1) is 32.2. The molecule has 360 valence electrons. The molecule has 0 radical (unpaired) electrons. The third kappa shape index (κ3) is 11.3. The average molecular weight is 944 g/mol. The molecule has 6 heterocycles. The fourth-order valence-electron chi connectivity index (χ4n) is 10.3. The van der Waals surface area contributed by atoms with Gasteiger partial charge in [0.15, 0.2) is 5.78 Å². The van der Waals surface area contributed by atoms with E-state index in [0.717, 1.165) is 89.2 Å². The average Bonchev–Trinajstić information content (AvgIpc) is 3.56. The van der Waals surface area contributed by atoms with Crippen LogP contribution in [0.2, 0.25) is 0 Å². The summed E-state index contributed by atoms with van der Waals surface area (Å²) in [6.07, 6.45) is 5.46. The number of anilines is 1. The first-order valence-corrected chi connectivity index (χ1v) is 24.8. The highest BCUT2D eigenvalue weighted by Gasteiger charge is 2.46. The van der Waals surface area contributed by atoms with Crippen LogP contribution in [0.4, 0.5) is 15.8 Å². The molecule has 1 atom stereocenters. The van der Waals surface area contributed by atoms with Crippen molar-refractivity contribution in [3.63, 3.8) is 0 Å². The van der Waals surface area contributed by atoms with E-state index >= 15 is 4.39 Å². The van der Waals surface area contributed by atoms with Gasteiger partial charge in [-0.05, 0) is 88.9 Å². The number of carbonyl (C=O) groups is 7. The summed E-state index contributed by atoms with van der Waals surface area (Å²) in [6, 6.07) is 7.04. The van der Waals surface area contributed by atoms with Gasteiger partial charge in [0.2, 0.25) is 23.6 Å². The lowest BCUT2D eigenvalue weighted by Gasteiger charge is -2.40. The Balaban J connectivity index is 0.736. The number of carbonyl (C=O) groups excluding carboxylic acids is 7. The summed E-state index contributed by atoms with van der Waals surface area (Å²) in [6.45, 7) is 11.9. The predicted octanol–water partition coefficient (Wildman–Crippen LogP) is 3.31. The Labute approximate surface area is 394 Å². The van der Waals surface area contributed by atoms with Gasteiger partial charge in [0, 0.05) is 89.6 Å². The van der Waals surface area contributed by atoms with E-state index in [1.807, 2.05) is 15.9 Å². The quantitative estimate of drug-likeness (QED) is 0.121. The molecule has 5 fully saturated rings. The first-order valence-electron chi connectivity index (χ1n) is 23.7. The number of piperidine rings is 4. The standard InChI is InChI=1S/C48H62FN9O8S/c1-30(59)44-37(49)24-34(66-28-33-10-16-55(17-11-33)31(2)60)25-38(44)51-41(50)29-67-35-12-14-53(15-13-35)27-43(62)57-18-8-32(9-19-57)26-54-20-22-56(23-21-54)39-5-3-4-36-45(39)48(65)58(47(36)64)40-6-7-42(61)52-46(40)63/h3-5,24-25,32-33,35,40H,6-23,26-29H2,1-2H3,(H2,50,51)(H,52,61,63). The van der Waals surface area contributed by atoms with Crippen molar-refractivity contribution in [1.82, 2.24) is 29.8 Å². The van der Waals surface area contributed by atoms with E-state index in [2.05, 4.69) is 25.0 Å². The topological polar surface area (TPSA) is 199 Å². The number of aliphatic imine (C=N–C) groups is 1. The molecule has 2 aromatic rings. The van der Waals surface area contributed by atoms with Gasteiger partial charge in [-0.15, -0.1) is 0 Å². The van der Waals surface area contributed by atoms with Crippen LogP contribution in [0.15, 0.2) is 35.3 Å². The second kappa shape index (κ2) is 21.3. The maximum absolute atomic E-state index is 15.2. The van der Waals surface area contributed by atoms with Crippen LogP contribution in [0.1, 0.15) is 96.3 Å². The van der Waals surface area contributed by atoms with E-state index in [-0.39, 0.29) is 59.0 Å². The van der Waals surface area contributed by atoms with Gasteiger partial charge in [0.25, 0.3) is 11.8 Å². The van der Waals surface area contributed by atoms with E-state index in [1.54, 1.807) is 36.9 Å². The van der Waals surface area contributed by atoms with Crippen molar-refractivity contribution in [2.24, 2.45) is 22.6 Å². The maximum Gasteiger partial charge on any atom is 0.264 e. The van der Waals surface area contributed by atoms with Crippen LogP contribution in [0.25, 0.3) is 0 Å². The zero-order valence-corrected chi connectivity index (χ0v) is 39.3. The van der Waals surface area contributed by atoms with Crippen molar-refractivity contribution in [1.29, 1.82) is 0 Å². The molecule has 8 rings (SSSR count). The molecule has 0 aromatic heterocycles. The highest BCUT2D eigenvalue weighted by Crippen LogP contribution is 2.36. The van der Waals surface area contributed by atoms with Crippen LogP contribution in [0.3, 0.4) is 0 Å². The zero-order valence-electron chi connectivity index (χ0n) is 38.5. The highest BCUT2D eigenvalue weighted by molar-refractivity contribution is 8.00. The molecule has 1 unspecified atom stereocenters. The van der Waals surface area contributed by atoms with E-state index in [9.17, 15) is 33.6 Å². The number of nitrogens with one attached hydrogen (secondary N) is 1. The Bertz CT molecular complexity index is 2280. The first kappa shape index (κ1) is 48.1. The molecule has 19 heteroatoms. The number of hydrogen-bond acceptors (Lipinski definition) is 13. The molecule has 0 aliphatic carbocycles. The molecule has 6 aliphatic rings. The highest BCUT2D eigenvalue weighted by atomic mass is 32.2. The number of hydrogen-bond donors (Lipinski definition) is 2. The number of ketones is 1. The van der Waals surface area contributed by atoms with Crippen LogP contribution < -0.4 is 20.7 Å². The number of amidine groups is 1. The van der Waals surface area contributed by atoms with Crippen LogP contribution in [0.5, 0.6) is 5.75 Å². The second-order valence-electron chi connectivity index (χ2n) is 18.8. The smallest absolute Gasteiger partial charge is 0.264 e. The minimum atomic E-state index is -1.00. The van der Waals surface area contributed by atoms with Gasteiger partial charge in [0.05, 0.1) is 47.0 Å². The molecule has 6 aliphatic heterocycles. The van der Waals surface area contributed by atoms with E-state index < -0.39 is 41.3 Å². The predicted molar refractivity (Wildman–Crippen MR) is 251 cm³/mol. The van der Waals surface area contributed by atoms with Crippen LogP contribution in [-0.2, 0) is 19.2 Å². The number of halogens is 1. The Morgan fingerprint density at radius 1 is 0.821 bits per heavy atom. The molecule has 5 saturated heterocycles. The van der Waals surface area contributed by atoms with Crippen LogP contribution >= 0.6 is 11.8 Å². The van der Waals surface area contributed by atoms with Crippen LogP contribution in [-0.4, -0.2) is 174 Å². The Morgan fingerprint density at radius 2 is 1.51 bits per heavy atom. The normalized spacial score (nSPS) is 22.1. The van der Waals surface area contributed by atoms with Crippen molar-refractivity contribution < 1.29 is 42.7 Å². The monoisotopic (exact) mass is 943 g/mol. The number of Topliss-reactive ketones (excluding diaryl/α,β-unsaturated/α-hetero) is 1. The largest absolute Gasteiger partial charge is 0.493 e. The third-order valence-corrected chi connectivity index (χ3v) is 15.6. The molecule has 0 saturated carbocycles. The minimum Gasteiger partial charge on any atom is -0.493 e. The zero-order chi connectivity index (χ0) is 47.4. The van der Waals surface area contributed by atoms with Crippen molar-refractivity contribution in [2.75, 3.05) is 95.8 Å². The fourth-order valence-corrected chi connectivity index (χ4v) is 11.3. The van der Waals surface area contributed by atoms with Gasteiger partial charge >= 0.3 is 0 Å². The number of rotatable bonds is 14. The molecule has 0 bridgehead atoms. The molecule has 17 nitrogen and oxygen atoms in total. The van der Waals surface area contributed by atoms with Crippen molar-refractivity contribution in [3.05, 3.63) is 52.8 Å². The summed E-state index contributed by atoms with van der Waals surface area (Å²) >= 11 is 1.68. The molecule has 3 N–H and O–H groups in total. The summed E-state index contributed by atoms with van der Waals surface area (Å²) in [7, 11) is 0. The van der Waals surface area contributed by atoms with E-state index in [1.165, 1.54) is 13.0 Å². The van der Waals surface area contributed by atoms with E-state index in [4.69, 9.17) is 10.5 Å². The number of piperazine rings is 1. The van der Waals surface area contributed by atoms with Gasteiger partial charge in [0.1, 0.15) is 23.4 Å². The number of imide groups is 2. The summed E-state index contributed by atoms with van der Waals surface area (Å²) in [5, 5.41) is 2.57. The lowest BCUT2D eigenvalue weighted by Crippen LogP contribution is -2.54. The number of fused-ring (bicyclic) bond motifs is 1. The lowest BCUT2D eigenvalue weighted by atomic mass is 9.95. The molecule has 67 heavy (non-hydrogen) atoms. The minimum absolute atomic E-state index is 0.0603. The number of amides is 6. The van der Waals surface area contributed by atoms with Crippen molar-refractivity contribution >= 4 is 70.2 Å². The lowest BCUT2D eigenvalue weighted by molar-refractivity contribution is -0.136. The number of benzene rings is 2. The SMILES string of the molecule is CC(=O)c1c(F)cc(OCC2CCN(C(C)=O)CC2)cc1N=C(N)CSC1CCN(CC(=O)N2CCC(CN3CCN(c4cccc5c4C(=O)N(C4CCC(=O)NC4=O)C5=O)CC3)CC2)CC1. The van der Waals surface area contributed by atoms with Gasteiger partial charge in [-0.2, -0.15) is 11.8 Å². The summed E-state index contributed by atoms with van der Waals surface area (Å²) in [5.74, 6) is -1.26. The van der Waals surface area contributed by atoms with Gasteiger partial charge in [-0.3, -0.25) is 53.6 Å². The Morgan fingerprint density at radius 3 is 2.18 bits per heavy atom. The Hall–Kier alpha value is -5.40. The maximum atomic E-state index is 15.2. The fraction of sp³-hybridized carbons (Fsp3) is 0.583. The summed E-state index contributed by atoms with van der Waals surface area (Å²) < 4.78 is 21.1. The summed E-state index contributed by atoms with van der Waals surface area (Å²) in [5.41, 5.74) is 7.69. The van der Waals surface area contributed by atoms with Gasteiger partial charge < -0.3 is 25.2 Å². The second-order valence-corrected chi connectivity index (χ2v) is 20.1. The number of likely N-dealkylation sites (tertiary alicyclic amines) is 3. The number of thioether (sulfide) groups is 1. The van der Waals surface area contributed by atoms with Crippen molar-refractivity contribution in [2.45, 2.75) is 76.5 Å². The molecular formula is C48H62FN9O8S. The molecule has 6 amide bonds. The van der Waals surface area contributed by atoms with Crippen molar-refractivity contribution in [3.8, 4) is 5.75 Å². The number of ether oxygens (including phenoxy) is 1. The third-order valence-electron chi connectivity index (χ3n) is 14.2. The Kier molecular flexibility index (Phi) is 15.3. The summed E-state index contributed by atoms with van der Waals surface area (Å²) in [4.78, 5) is 105. The number of nitrogens with two attached hydrogens (primary N) is 1. The van der Waals surface area contributed by atoms with E-state index in [0.29, 0.717) is 67.5 Å².